The van der Waals surface area contributed by atoms with Gasteiger partial charge in [-0.15, -0.1) is 6.42 Å². The third-order valence-corrected chi connectivity index (χ3v) is 2.33. The minimum absolute atomic E-state index is 0.0691. The van der Waals surface area contributed by atoms with E-state index in [1.54, 1.807) is 32.3 Å². The van der Waals surface area contributed by atoms with Crippen LogP contribution in [0, 0.1) is 12.3 Å². The van der Waals surface area contributed by atoms with E-state index < -0.39 is 0 Å². The molecular formula is C12H13ClN2O. The fourth-order valence-corrected chi connectivity index (χ4v) is 1.38. The normalized spacial score (nSPS) is 9.38. The lowest BCUT2D eigenvalue weighted by molar-refractivity contribution is 0.0827. The van der Waals surface area contributed by atoms with Crippen LogP contribution in [-0.4, -0.2) is 31.4 Å². The van der Waals surface area contributed by atoms with Gasteiger partial charge < -0.3 is 10.2 Å². The van der Waals surface area contributed by atoms with Gasteiger partial charge in [0.25, 0.3) is 5.91 Å². The van der Waals surface area contributed by atoms with E-state index in [2.05, 4.69) is 11.2 Å². The number of carbonyl (C=O) groups is 1. The van der Waals surface area contributed by atoms with Crippen molar-refractivity contribution in [2.45, 2.75) is 0 Å². The number of halogens is 1. The molecule has 0 aliphatic rings. The summed E-state index contributed by atoms with van der Waals surface area (Å²) >= 11 is 5.96. The molecule has 16 heavy (non-hydrogen) atoms. The largest absolute Gasteiger partial charge is 0.373 e. The van der Waals surface area contributed by atoms with Crippen molar-refractivity contribution in [2.75, 3.05) is 26.0 Å². The minimum atomic E-state index is -0.0691. The molecule has 0 unspecified atom stereocenters. The lowest BCUT2D eigenvalue weighted by Crippen LogP contribution is -2.21. The van der Waals surface area contributed by atoms with Crippen molar-refractivity contribution in [1.82, 2.24) is 4.90 Å². The summed E-state index contributed by atoms with van der Waals surface area (Å²) in [7, 11) is 3.40. The number of hydrogen-bond donors (Lipinski definition) is 1. The van der Waals surface area contributed by atoms with Crippen LogP contribution in [0.1, 0.15) is 10.4 Å². The molecule has 1 rings (SSSR count). The second-order valence-corrected chi connectivity index (χ2v) is 3.86. The Labute approximate surface area is 100 Å². The molecule has 0 aliphatic heterocycles. The zero-order valence-electron chi connectivity index (χ0n) is 9.25. The molecular weight excluding hydrogens is 224 g/mol. The lowest BCUT2D eigenvalue weighted by atomic mass is 10.2. The van der Waals surface area contributed by atoms with Gasteiger partial charge in [-0.25, -0.2) is 0 Å². The predicted octanol–water partition coefficient (Wildman–Crippen LogP) is 2.09. The molecule has 0 saturated carbocycles. The van der Waals surface area contributed by atoms with E-state index in [9.17, 15) is 4.79 Å². The lowest BCUT2D eigenvalue weighted by Gasteiger charge is -2.12. The summed E-state index contributed by atoms with van der Waals surface area (Å²) in [4.78, 5) is 13.2. The first-order valence-electron chi connectivity index (χ1n) is 4.74. The highest BCUT2D eigenvalue weighted by Crippen LogP contribution is 2.23. The second kappa shape index (κ2) is 5.43. The van der Waals surface area contributed by atoms with Crippen LogP contribution in [0.25, 0.3) is 0 Å². The number of nitrogens with zero attached hydrogens (tertiary/aromatic N) is 1. The molecule has 84 valence electrons. The van der Waals surface area contributed by atoms with Gasteiger partial charge in [-0.1, -0.05) is 17.5 Å². The van der Waals surface area contributed by atoms with Gasteiger partial charge in [-0.2, -0.15) is 0 Å². The Hall–Kier alpha value is -1.66. The van der Waals surface area contributed by atoms with Gasteiger partial charge in [0.15, 0.2) is 0 Å². The number of amides is 1. The van der Waals surface area contributed by atoms with Gasteiger partial charge >= 0.3 is 0 Å². The van der Waals surface area contributed by atoms with E-state index >= 15 is 0 Å². The molecule has 1 aromatic carbocycles. The average Bonchev–Trinajstić information content (AvgIpc) is 2.27. The zero-order chi connectivity index (χ0) is 12.1. The van der Waals surface area contributed by atoms with Crippen LogP contribution in [0.5, 0.6) is 0 Å². The van der Waals surface area contributed by atoms with Crippen LogP contribution in [0.2, 0.25) is 5.02 Å². The second-order valence-electron chi connectivity index (χ2n) is 3.45. The van der Waals surface area contributed by atoms with Gasteiger partial charge in [0.1, 0.15) is 0 Å². The van der Waals surface area contributed by atoms with Crippen molar-refractivity contribution < 1.29 is 4.79 Å². The Balaban J connectivity index is 2.98. The van der Waals surface area contributed by atoms with Crippen LogP contribution >= 0.6 is 11.6 Å². The Bertz CT molecular complexity index is 435. The van der Waals surface area contributed by atoms with Crippen molar-refractivity contribution in [3.05, 3.63) is 28.8 Å². The molecule has 0 atom stereocenters. The molecule has 0 radical (unpaired) electrons. The van der Waals surface area contributed by atoms with Crippen molar-refractivity contribution in [2.24, 2.45) is 0 Å². The molecule has 4 heteroatoms. The van der Waals surface area contributed by atoms with Gasteiger partial charge in [0.05, 0.1) is 17.3 Å². The number of hydrogen-bond acceptors (Lipinski definition) is 2. The molecule has 0 spiro atoms. The summed E-state index contributed by atoms with van der Waals surface area (Å²) in [5.41, 5.74) is 1.25. The Morgan fingerprint density at radius 2 is 2.25 bits per heavy atom. The standard InChI is InChI=1S/C12H13ClN2O/c1-4-7-14-11-8-9(5-6-10(11)13)12(16)15(2)3/h1,5-6,8,14H,7H2,2-3H3. The van der Waals surface area contributed by atoms with Crippen LogP contribution in [0.15, 0.2) is 18.2 Å². The van der Waals surface area contributed by atoms with E-state index in [-0.39, 0.29) is 5.91 Å². The fourth-order valence-electron chi connectivity index (χ4n) is 1.20. The maximum absolute atomic E-state index is 11.7. The van der Waals surface area contributed by atoms with Gasteiger partial charge in [0.2, 0.25) is 0 Å². The quantitative estimate of drug-likeness (QED) is 0.816. The highest BCUT2D eigenvalue weighted by Gasteiger charge is 2.10. The Morgan fingerprint density at radius 1 is 1.56 bits per heavy atom. The maximum Gasteiger partial charge on any atom is 0.253 e. The monoisotopic (exact) mass is 236 g/mol. The summed E-state index contributed by atoms with van der Waals surface area (Å²) in [5, 5.41) is 3.50. The number of anilines is 1. The van der Waals surface area contributed by atoms with Crippen molar-refractivity contribution in [1.29, 1.82) is 0 Å². The SMILES string of the molecule is C#CCNc1cc(C(=O)N(C)C)ccc1Cl. The van der Waals surface area contributed by atoms with E-state index in [1.165, 1.54) is 4.90 Å². The molecule has 1 aromatic rings. The third kappa shape index (κ3) is 2.91. The highest BCUT2D eigenvalue weighted by atomic mass is 35.5. The first kappa shape index (κ1) is 12.4. The molecule has 0 aromatic heterocycles. The van der Waals surface area contributed by atoms with E-state index in [1.807, 2.05) is 0 Å². The third-order valence-electron chi connectivity index (χ3n) is 2.00. The number of terminal acetylenes is 1. The zero-order valence-corrected chi connectivity index (χ0v) is 10.0. The summed E-state index contributed by atoms with van der Waals surface area (Å²) < 4.78 is 0. The molecule has 1 amide bonds. The van der Waals surface area contributed by atoms with E-state index in [4.69, 9.17) is 18.0 Å². The summed E-state index contributed by atoms with van der Waals surface area (Å²) in [5.74, 6) is 2.38. The smallest absolute Gasteiger partial charge is 0.253 e. The predicted molar refractivity (Wildman–Crippen MR) is 66.8 cm³/mol. The van der Waals surface area contributed by atoms with Crippen LogP contribution in [0.3, 0.4) is 0 Å². The first-order chi connectivity index (χ1) is 7.56. The number of nitrogens with one attached hydrogen (secondary N) is 1. The maximum atomic E-state index is 11.7. The molecule has 1 N–H and O–H groups in total. The van der Waals surface area contributed by atoms with Crippen LogP contribution < -0.4 is 5.32 Å². The number of carbonyl (C=O) groups excluding carboxylic acids is 1. The van der Waals surface area contributed by atoms with Crippen molar-refractivity contribution in [3.63, 3.8) is 0 Å². The van der Waals surface area contributed by atoms with E-state index in [0.717, 1.165) is 0 Å². The Kier molecular flexibility index (Phi) is 4.21. The Morgan fingerprint density at radius 3 is 2.81 bits per heavy atom. The van der Waals surface area contributed by atoms with Crippen LogP contribution in [0.4, 0.5) is 5.69 Å². The molecule has 3 nitrogen and oxygen atoms in total. The van der Waals surface area contributed by atoms with E-state index in [0.29, 0.717) is 22.8 Å². The fraction of sp³-hybridized carbons (Fsp3) is 0.250. The molecule has 0 aliphatic carbocycles. The van der Waals surface area contributed by atoms with Gasteiger partial charge in [-0.05, 0) is 18.2 Å². The summed E-state index contributed by atoms with van der Waals surface area (Å²) in [6.45, 7) is 0.374. The van der Waals surface area contributed by atoms with Crippen LogP contribution in [-0.2, 0) is 0 Å². The highest BCUT2D eigenvalue weighted by molar-refractivity contribution is 6.33. The summed E-state index contributed by atoms with van der Waals surface area (Å²) in [6, 6.07) is 5.06. The topological polar surface area (TPSA) is 32.3 Å². The summed E-state index contributed by atoms with van der Waals surface area (Å²) in [6.07, 6.45) is 5.14. The molecule has 0 bridgehead atoms. The molecule has 0 heterocycles. The number of rotatable bonds is 3. The number of benzene rings is 1. The molecule has 0 saturated heterocycles. The van der Waals surface area contributed by atoms with Gasteiger partial charge in [0, 0.05) is 19.7 Å². The van der Waals surface area contributed by atoms with Gasteiger partial charge in [-0.3, -0.25) is 4.79 Å². The average molecular weight is 237 g/mol. The first-order valence-corrected chi connectivity index (χ1v) is 5.12. The van der Waals surface area contributed by atoms with Crippen molar-refractivity contribution >= 4 is 23.2 Å². The minimum Gasteiger partial charge on any atom is -0.373 e. The molecule has 0 fully saturated rings. The van der Waals surface area contributed by atoms with Crippen molar-refractivity contribution in [3.8, 4) is 12.3 Å².